The molecule has 106 valence electrons. The summed E-state index contributed by atoms with van der Waals surface area (Å²) in [5, 5.41) is 4.14. The molecule has 0 aromatic heterocycles. The molecule has 0 atom stereocenters. The van der Waals surface area contributed by atoms with Crippen LogP contribution in [0.2, 0.25) is 10.0 Å². The van der Waals surface area contributed by atoms with Crippen molar-refractivity contribution in [1.82, 2.24) is 10.2 Å². The number of benzene rings is 1. The monoisotopic (exact) mass is 302 g/mol. The molecule has 0 aliphatic heterocycles. The Kier molecular flexibility index (Phi) is 5.65. The number of carbonyl (C=O) groups excluding carboxylic acids is 1. The van der Waals surface area contributed by atoms with Crippen molar-refractivity contribution in [2.45, 2.75) is 25.8 Å². The molecule has 0 aliphatic rings. The maximum absolute atomic E-state index is 11.9. The van der Waals surface area contributed by atoms with Crippen molar-refractivity contribution in [3.05, 3.63) is 33.8 Å². The van der Waals surface area contributed by atoms with Gasteiger partial charge in [-0.15, -0.1) is 0 Å². The summed E-state index contributed by atoms with van der Waals surface area (Å²) >= 11 is 12.1. The van der Waals surface area contributed by atoms with Crippen molar-refractivity contribution in [3.8, 4) is 0 Å². The van der Waals surface area contributed by atoms with Crippen LogP contribution in [0.5, 0.6) is 0 Å². The summed E-state index contributed by atoms with van der Waals surface area (Å²) in [5.41, 5.74) is 0.335. The van der Waals surface area contributed by atoms with Gasteiger partial charge in [-0.25, -0.2) is 0 Å². The minimum Gasteiger partial charge on any atom is -0.347 e. The van der Waals surface area contributed by atoms with Gasteiger partial charge in [0.2, 0.25) is 5.91 Å². The number of nitrogens with one attached hydrogen (secondary N) is 1. The topological polar surface area (TPSA) is 32.3 Å². The van der Waals surface area contributed by atoms with Gasteiger partial charge in [-0.3, -0.25) is 4.79 Å². The first-order valence-electron chi connectivity index (χ1n) is 6.13. The van der Waals surface area contributed by atoms with E-state index in [1.54, 1.807) is 12.1 Å². The van der Waals surface area contributed by atoms with E-state index < -0.39 is 5.54 Å². The molecule has 0 fully saturated rings. The van der Waals surface area contributed by atoms with Gasteiger partial charge in [0, 0.05) is 23.0 Å². The van der Waals surface area contributed by atoms with E-state index in [1.165, 1.54) is 0 Å². The number of rotatable bonds is 5. The Morgan fingerprint density at radius 2 is 1.95 bits per heavy atom. The number of carbonyl (C=O) groups is 1. The Labute approximate surface area is 124 Å². The van der Waals surface area contributed by atoms with Crippen LogP contribution in [0, 0.1) is 0 Å². The van der Waals surface area contributed by atoms with E-state index >= 15 is 0 Å². The maximum Gasteiger partial charge on any atom is 0.221 e. The van der Waals surface area contributed by atoms with E-state index in [9.17, 15) is 4.79 Å². The predicted molar refractivity (Wildman–Crippen MR) is 80.8 cm³/mol. The highest BCUT2D eigenvalue weighted by atomic mass is 35.5. The van der Waals surface area contributed by atoms with E-state index in [2.05, 4.69) is 5.32 Å². The lowest BCUT2D eigenvalue weighted by Crippen LogP contribution is -2.42. The first-order chi connectivity index (χ1) is 8.72. The summed E-state index contributed by atoms with van der Waals surface area (Å²) in [7, 11) is 3.88. The molecular weight excluding hydrogens is 283 g/mol. The summed E-state index contributed by atoms with van der Waals surface area (Å²) in [5.74, 6) is 0.00437. The molecule has 1 N–H and O–H groups in total. The van der Waals surface area contributed by atoms with Crippen molar-refractivity contribution in [1.29, 1.82) is 0 Å². The second kappa shape index (κ2) is 6.60. The molecule has 0 spiro atoms. The highest BCUT2D eigenvalue weighted by Crippen LogP contribution is 2.30. The van der Waals surface area contributed by atoms with Gasteiger partial charge in [-0.2, -0.15) is 0 Å². The third-order valence-electron chi connectivity index (χ3n) is 2.84. The van der Waals surface area contributed by atoms with Crippen molar-refractivity contribution < 1.29 is 4.79 Å². The van der Waals surface area contributed by atoms with Gasteiger partial charge in [0.05, 0.1) is 5.54 Å². The zero-order valence-electron chi connectivity index (χ0n) is 11.8. The summed E-state index contributed by atoms with van der Waals surface area (Å²) in [6.45, 7) is 4.57. The van der Waals surface area contributed by atoms with Crippen LogP contribution >= 0.6 is 23.2 Å². The van der Waals surface area contributed by atoms with Crippen LogP contribution < -0.4 is 5.32 Å². The van der Waals surface area contributed by atoms with Crippen molar-refractivity contribution >= 4 is 29.1 Å². The van der Waals surface area contributed by atoms with Gasteiger partial charge in [0.1, 0.15) is 0 Å². The van der Waals surface area contributed by atoms with Crippen LogP contribution in [0.1, 0.15) is 25.8 Å². The van der Waals surface area contributed by atoms with Gasteiger partial charge in [-0.1, -0.05) is 29.3 Å². The van der Waals surface area contributed by atoms with Crippen molar-refractivity contribution in [2.24, 2.45) is 0 Å². The van der Waals surface area contributed by atoms with Crippen LogP contribution in [0.15, 0.2) is 18.2 Å². The summed E-state index contributed by atoms with van der Waals surface area (Å²) in [6.07, 6.45) is 0.460. The largest absolute Gasteiger partial charge is 0.347 e. The molecule has 1 rings (SSSR count). The van der Waals surface area contributed by atoms with Crippen LogP contribution in [0.4, 0.5) is 0 Å². The Morgan fingerprint density at radius 3 is 2.47 bits per heavy atom. The lowest BCUT2D eigenvalue weighted by molar-refractivity contribution is -0.123. The minimum atomic E-state index is -0.523. The van der Waals surface area contributed by atoms with Crippen molar-refractivity contribution in [2.75, 3.05) is 20.6 Å². The van der Waals surface area contributed by atoms with Gasteiger partial charge >= 0.3 is 0 Å². The normalized spacial score (nSPS) is 11.7. The number of hydrogen-bond donors (Lipinski definition) is 1. The zero-order valence-corrected chi connectivity index (χ0v) is 13.3. The van der Waals surface area contributed by atoms with Crippen LogP contribution in [-0.2, 0) is 10.3 Å². The molecule has 1 aromatic carbocycles. The number of halogens is 2. The molecule has 0 bridgehead atoms. The summed E-state index contributed by atoms with van der Waals surface area (Å²) < 4.78 is 0. The average molecular weight is 303 g/mol. The van der Waals surface area contributed by atoms with Crippen molar-refractivity contribution in [3.63, 3.8) is 0 Å². The fourth-order valence-electron chi connectivity index (χ4n) is 1.80. The van der Waals surface area contributed by atoms with Gasteiger partial charge < -0.3 is 10.2 Å². The highest BCUT2D eigenvalue weighted by molar-refractivity contribution is 6.35. The van der Waals surface area contributed by atoms with E-state index in [0.29, 0.717) is 16.5 Å². The predicted octanol–water partition coefficient (Wildman–Crippen LogP) is 3.30. The number of hydrogen-bond acceptors (Lipinski definition) is 2. The Bertz CT molecular complexity index is 459. The molecule has 1 aromatic rings. The number of nitrogens with zero attached hydrogens (tertiary/aromatic N) is 1. The van der Waals surface area contributed by atoms with Gasteiger partial charge in [0.15, 0.2) is 0 Å². The first kappa shape index (κ1) is 16.3. The summed E-state index contributed by atoms with van der Waals surface area (Å²) in [4.78, 5) is 13.9. The molecule has 0 saturated heterocycles. The van der Waals surface area contributed by atoms with Gasteiger partial charge in [0.25, 0.3) is 0 Å². The quantitative estimate of drug-likeness (QED) is 0.905. The lowest BCUT2D eigenvalue weighted by Gasteiger charge is -2.28. The zero-order chi connectivity index (χ0) is 14.6. The third-order valence-corrected chi connectivity index (χ3v) is 3.39. The Morgan fingerprint density at radius 1 is 1.32 bits per heavy atom. The molecule has 0 saturated carbocycles. The van der Waals surface area contributed by atoms with Gasteiger partial charge in [-0.05, 0) is 45.6 Å². The van der Waals surface area contributed by atoms with E-state index in [1.807, 2.05) is 38.9 Å². The fraction of sp³-hybridized carbons (Fsp3) is 0.500. The minimum absolute atomic E-state index is 0.00437. The smallest absolute Gasteiger partial charge is 0.221 e. The second-order valence-corrected chi connectivity index (χ2v) is 6.19. The first-order valence-corrected chi connectivity index (χ1v) is 6.89. The van der Waals surface area contributed by atoms with E-state index in [-0.39, 0.29) is 5.91 Å². The fourth-order valence-corrected chi connectivity index (χ4v) is 2.44. The molecule has 0 aliphatic carbocycles. The molecule has 0 radical (unpaired) electrons. The molecule has 1 amide bonds. The van der Waals surface area contributed by atoms with Crippen LogP contribution in [0.25, 0.3) is 0 Å². The maximum atomic E-state index is 11.9. The van der Waals surface area contributed by atoms with Crippen LogP contribution in [0.3, 0.4) is 0 Å². The molecule has 19 heavy (non-hydrogen) atoms. The Balaban J connectivity index is 2.77. The Hall–Kier alpha value is -0.770. The summed E-state index contributed by atoms with van der Waals surface area (Å²) in [6, 6.07) is 5.31. The second-order valence-electron chi connectivity index (χ2n) is 5.35. The lowest BCUT2D eigenvalue weighted by atomic mass is 9.94. The highest BCUT2D eigenvalue weighted by Gasteiger charge is 2.25. The molecular formula is C14H20Cl2N2O. The van der Waals surface area contributed by atoms with Crippen LogP contribution in [-0.4, -0.2) is 31.4 Å². The molecule has 0 unspecified atom stereocenters. The average Bonchev–Trinajstić information content (AvgIpc) is 2.25. The third kappa shape index (κ3) is 5.01. The molecule has 3 nitrogen and oxygen atoms in total. The molecule has 0 heterocycles. The van der Waals surface area contributed by atoms with E-state index in [4.69, 9.17) is 23.2 Å². The standard InChI is InChI=1S/C14H20Cl2N2O/c1-14(2,17-13(19)7-8-18(3)4)11-6-5-10(15)9-12(11)16/h5-6,9H,7-8H2,1-4H3,(H,17,19). The molecule has 5 heteroatoms. The SMILES string of the molecule is CN(C)CCC(=O)NC(C)(C)c1ccc(Cl)cc1Cl. The van der Waals surface area contributed by atoms with E-state index in [0.717, 1.165) is 12.1 Å². The number of amides is 1.